The second kappa shape index (κ2) is 9.28. The number of aliphatic carboxylic acids is 1. The summed E-state index contributed by atoms with van der Waals surface area (Å²) >= 11 is 0. The quantitative estimate of drug-likeness (QED) is 0.324. The van der Waals surface area contributed by atoms with Gasteiger partial charge in [-0.1, -0.05) is 6.42 Å². The van der Waals surface area contributed by atoms with Crippen LogP contribution in [0.2, 0.25) is 0 Å². The van der Waals surface area contributed by atoms with Gasteiger partial charge in [-0.2, -0.15) is 0 Å². The van der Waals surface area contributed by atoms with E-state index in [1.54, 1.807) is 0 Å². The fourth-order valence-corrected chi connectivity index (χ4v) is 2.72. The summed E-state index contributed by atoms with van der Waals surface area (Å²) in [6, 6.07) is -3.58. The van der Waals surface area contributed by atoms with Crippen LogP contribution in [0, 0.1) is 0 Å². The number of aromatic nitrogens is 2. The number of hydrogen-bond acceptors (Lipinski definition) is 8. The van der Waals surface area contributed by atoms with E-state index in [1.807, 2.05) is 0 Å². The van der Waals surface area contributed by atoms with Crippen LogP contribution in [0.1, 0.15) is 56.5 Å². The lowest BCUT2D eigenvalue weighted by Gasteiger charge is -2.20. The zero-order valence-corrected chi connectivity index (χ0v) is 14.8. The van der Waals surface area contributed by atoms with Crippen LogP contribution in [0.5, 0.6) is 0 Å². The molecule has 3 amide bonds. The monoisotopic (exact) mass is 384 g/mol. The van der Waals surface area contributed by atoms with E-state index in [9.17, 15) is 19.5 Å². The molecule has 0 aromatic carbocycles. The van der Waals surface area contributed by atoms with Gasteiger partial charge in [-0.15, -0.1) is 10.2 Å². The van der Waals surface area contributed by atoms with Crippen LogP contribution in [0.4, 0.5) is 4.79 Å². The van der Waals surface area contributed by atoms with Gasteiger partial charge in [0, 0.05) is 0 Å². The molecule has 27 heavy (non-hydrogen) atoms. The molecule has 1 fully saturated rings. The smallest absolute Gasteiger partial charge is 0.328 e. The molecular weight excluding hydrogens is 360 g/mol. The van der Waals surface area contributed by atoms with Gasteiger partial charge in [-0.05, 0) is 26.3 Å². The highest BCUT2D eigenvalue weighted by atomic mass is 16.4. The minimum Gasteiger partial charge on any atom is -0.480 e. The number of hydrogen-bond donors (Lipinski definition) is 6. The second-order valence-electron chi connectivity index (χ2n) is 6.38. The predicted molar refractivity (Wildman–Crippen MR) is 90.2 cm³/mol. The van der Waals surface area contributed by atoms with Crippen LogP contribution in [-0.4, -0.2) is 57.0 Å². The van der Waals surface area contributed by atoms with Crippen LogP contribution in [0.25, 0.3) is 0 Å². The molecule has 150 valence electrons. The van der Waals surface area contributed by atoms with Crippen molar-refractivity contribution in [2.45, 2.75) is 56.8 Å². The lowest BCUT2D eigenvalue weighted by atomic mass is 10.1. The number of carbonyl (C=O) groups excluding carboxylic acids is 2. The number of aliphatic hydroxyl groups excluding tert-OH is 1. The fourth-order valence-electron chi connectivity index (χ4n) is 2.72. The van der Waals surface area contributed by atoms with Gasteiger partial charge in [0.15, 0.2) is 6.04 Å². The van der Waals surface area contributed by atoms with Crippen molar-refractivity contribution in [1.82, 2.24) is 26.1 Å². The number of aliphatic hydroxyl groups is 1. The largest absolute Gasteiger partial charge is 0.480 e. The summed E-state index contributed by atoms with van der Waals surface area (Å²) in [5.41, 5.74) is 5.21. The number of piperidine rings is 1. The maximum atomic E-state index is 12.1. The molecule has 0 radical (unpaired) electrons. The second-order valence-corrected chi connectivity index (χ2v) is 6.38. The van der Waals surface area contributed by atoms with Gasteiger partial charge >= 0.3 is 12.0 Å². The number of amides is 3. The Balaban J connectivity index is 2.08. The normalized spacial score (nSPS) is 20.3. The maximum Gasteiger partial charge on any atom is 0.328 e. The van der Waals surface area contributed by atoms with Crippen LogP contribution in [0.3, 0.4) is 0 Å². The minimum absolute atomic E-state index is 0.0183. The topological polar surface area (TPSA) is 193 Å². The Morgan fingerprint density at radius 3 is 2.63 bits per heavy atom. The molecule has 0 aliphatic carbocycles. The number of carboxylic acid groups (broad SMARTS) is 1. The maximum absolute atomic E-state index is 12.1. The molecule has 1 aliphatic rings. The molecule has 0 saturated carbocycles. The highest BCUT2D eigenvalue weighted by molar-refractivity contribution is 5.83. The summed E-state index contributed by atoms with van der Waals surface area (Å²) in [5, 5.41) is 34.0. The Morgan fingerprint density at radius 2 is 2.07 bits per heavy atom. The highest BCUT2D eigenvalue weighted by Crippen LogP contribution is 2.24. The standard InChI is InChI=1S/C15H24N6O6/c1-7(22)11(14(24)25)19-15(26)18-9(6-10(16)23)13-21-20-12(27-13)8-4-2-3-5-17-8/h7-9,11,17,22H,2-6H2,1H3,(H2,16,23)(H,24,25)(H2,18,19,26)/t7?,8-,9-,11?/m0/s1. The zero-order valence-electron chi connectivity index (χ0n) is 14.8. The third-order valence-corrected chi connectivity index (χ3v) is 4.11. The van der Waals surface area contributed by atoms with E-state index in [4.69, 9.17) is 15.3 Å². The molecule has 1 aromatic rings. The SMILES string of the molecule is CC(O)C(NC(=O)N[C@@H](CC(N)=O)c1nnc([C@@H]2CCCCN2)o1)C(=O)O. The van der Waals surface area contributed by atoms with Gasteiger partial charge < -0.3 is 36.3 Å². The molecule has 7 N–H and O–H groups in total. The number of carbonyl (C=O) groups is 3. The Hall–Kier alpha value is -2.73. The molecule has 1 aromatic heterocycles. The number of primary amides is 1. The lowest BCUT2D eigenvalue weighted by Crippen LogP contribution is -2.52. The van der Waals surface area contributed by atoms with Crippen LogP contribution in [0.15, 0.2) is 4.42 Å². The average molecular weight is 384 g/mol. The van der Waals surface area contributed by atoms with Gasteiger partial charge in [-0.3, -0.25) is 4.79 Å². The van der Waals surface area contributed by atoms with Crippen molar-refractivity contribution in [2.75, 3.05) is 6.54 Å². The third kappa shape index (κ3) is 5.89. The fraction of sp³-hybridized carbons (Fsp3) is 0.667. The number of nitrogens with zero attached hydrogens (tertiary/aromatic N) is 2. The van der Waals surface area contributed by atoms with Crippen LogP contribution >= 0.6 is 0 Å². The number of rotatable bonds is 8. The first-order chi connectivity index (χ1) is 12.8. The van der Waals surface area contributed by atoms with E-state index >= 15 is 0 Å². The van der Waals surface area contributed by atoms with Crippen molar-refractivity contribution in [2.24, 2.45) is 5.73 Å². The van der Waals surface area contributed by atoms with Crippen LogP contribution < -0.4 is 21.7 Å². The molecular formula is C15H24N6O6. The van der Waals surface area contributed by atoms with Crippen molar-refractivity contribution >= 4 is 17.9 Å². The summed E-state index contributed by atoms with van der Waals surface area (Å²) in [6.07, 6.45) is 1.24. The Morgan fingerprint density at radius 1 is 1.33 bits per heavy atom. The molecule has 2 rings (SSSR count). The van der Waals surface area contributed by atoms with Gasteiger partial charge in [0.05, 0.1) is 18.6 Å². The summed E-state index contributed by atoms with van der Waals surface area (Å²) < 4.78 is 5.59. The number of carboxylic acids is 1. The Kier molecular flexibility index (Phi) is 7.07. The lowest BCUT2D eigenvalue weighted by molar-refractivity contribution is -0.141. The van der Waals surface area contributed by atoms with E-state index in [1.165, 1.54) is 6.92 Å². The minimum atomic E-state index is -1.52. The molecule has 12 heteroatoms. The summed E-state index contributed by atoms with van der Waals surface area (Å²) in [5.74, 6) is -1.81. The first-order valence-electron chi connectivity index (χ1n) is 8.60. The molecule has 1 saturated heterocycles. The molecule has 12 nitrogen and oxygen atoms in total. The van der Waals surface area contributed by atoms with Crippen molar-refractivity contribution < 1.29 is 29.0 Å². The molecule has 2 heterocycles. The van der Waals surface area contributed by atoms with Crippen LogP contribution in [-0.2, 0) is 9.59 Å². The van der Waals surface area contributed by atoms with Gasteiger partial charge in [0.25, 0.3) is 0 Å². The first kappa shape index (κ1) is 20.6. The summed E-state index contributed by atoms with van der Waals surface area (Å²) in [6.45, 7) is 2.05. The number of urea groups is 1. The van der Waals surface area contributed by atoms with Crippen molar-refractivity contribution in [3.05, 3.63) is 11.8 Å². The van der Waals surface area contributed by atoms with Gasteiger partial charge in [-0.25, -0.2) is 9.59 Å². The Bertz CT molecular complexity index is 672. The molecule has 1 aliphatic heterocycles. The molecule has 2 unspecified atom stereocenters. The zero-order chi connectivity index (χ0) is 20.0. The average Bonchev–Trinajstić information content (AvgIpc) is 3.09. The van der Waals surface area contributed by atoms with E-state index in [2.05, 4.69) is 26.1 Å². The summed E-state index contributed by atoms with van der Waals surface area (Å²) in [4.78, 5) is 34.5. The third-order valence-electron chi connectivity index (χ3n) is 4.11. The van der Waals surface area contributed by atoms with Gasteiger partial charge in [0.2, 0.25) is 17.7 Å². The number of nitrogens with one attached hydrogen (secondary N) is 3. The summed E-state index contributed by atoms with van der Waals surface area (Å²) in [7, 11) is 0. The van der Waals surface area contributed by atoms with Crippen molar-refractivity contribution in [1.29, 1.82) is 0 Å². The van der Waals surface area contributed by atoms with Crippen molar-refractivity contribution in [3.8, 4) is 0 Å². The first-order valence-corrected chi connectivity index (χ1v) is 8.60. The van der Waals surface area contributed by atoms with Gasteiger partial charge in [0.1, 0.15) is 6.04 Å². The van der Waals surface area contributed by atoms with E-state index < -0.39 is 36.1 Å². The Labute approximate surface area is 154 Å². The highest BCUT2D eigenvalue weighted by Gasteiger charge is 2.29. The van der Waals surface area contributed by atoms with Crippen molar-refractivity contribution in [3.63, 3.8) is 0 Å². The molecule has 0 spiro atoms. The van der Waals surface area contributed by atoms with E-state index in [0.29, 0.717) is 5.89 Å². The molecule has 0 bridgehead atoms. The molecule has 4 atom stereocenters. The van der Waals surface area contributed by atoms with E-state index in [-0.39, 0.29) is 18.4 Å². The van der Waals surface area contributed by atoms with E-state index in [0.717, 1.165) is 25.8 Å². The predicted octanol–water partition coefficient (Wildman–Crippen LogP) is -1.07. The number of nitrogens with two attached hydrogens (primary N) is 1.